The number of fused-ring (bicyclic) bond motifs is 1. The summed E-state index contributed by atoms with van der Waals surface area (Å²) in [6.45, 7) is 2.15. The third-order valence-corrected chi connectivity index (χ3v) is 5.63. The molecule has 1 aliphatic rings. The lowest BCUT2D eigenvalue weighted by molar-refractivity contribution is 0.102. The second-order valence-electron chi connectivity index (χ2n) is 6.15. The van der Waals surface area contributed by atoms with Gasteiger partial charge in [0, 0.05) is 16.9 Å². The van der Waals surface area contributed by atoms with Gasteiger partial charge in [-0.05, 0) is 42.3 Å². The maximum Gasteiger partial charge on any atom is 0.256 e. The van der Waals surface area contributed by atoms with Crippen LogP contribution in [0.15, 0.2) is 48.5 Å². The third kappa shape index (κ3) is 3.37. The molecule has 0 saturated heterocycles. The van der Waals surface area contributed by atoms with Crippen LogP contribution in [0.5, 0.6) is 11.5 Å². The minimum atomic E-state index is -0.219. The first-order valence-electron chi connectivity index (χ1n) is 8.43. The van der Waals surface area contributed by atoms with Crippen molar-refractivity contribution in [2.24, 2.45) is 0 Å². The van der Waals surface area contributed by atoms with Crippen molar-refractivity contribution in [3.05, 3.63) is 75.7 Å². The molecule has 1 N–H and O–H groups in total. The van der Waals surface area contributed by atoms with Gasteiger partial charge in [-0.1, -0.05) is 24.3 Å². The fourth-order valence-corrected chi connectivity index (χ4v) is 4.14. The van der Waals surface area contributed by atoms with Gasteiger partial charge in [0.1, 0.15) is 11.1 Å². The first kappa shape index (κ1) is 17.1. The largest absolute Gasteiger partial charge is 0.454 e. The molecular weight excluding hydrogens is 360 g/mol. The molecule has 0 bridgehead atoms. The number of nitrogens with one attached hydrogen (secondary N) is 1. The molecular formula is C21H16N2O3S. The Hall–Kier alpha value is -3.30. The minimum Gasteiger partial charge on any atom is -0.454 e. The Labute approximate surface area is 160 Å². The van der Waals surface area contributed by atoms with Crippen LogP contribution in [0.3, 0.4) is 0 Å². The molecule has 0 radical (unpaired) electrons. The molecule has 5 nitrogen and oxygen atoms in total. The fourth-order valence-electron chi connectivity index (χ4n) is 2.95. The quantitative estimate of drug-likeness (QED) is 0.728. The molecule has 1 aliphatic heterocycles. The summed E-state index contributed by atoms with van der Waals surface area (Å²) in [4.78, 5) is 13.5. The van der Waals surface area contributed by atoms with Gasteiger partial charge in [0.15, 0.2) is 11.5 Å². The van der Waals surface area contributed by atoms with Crippen LogP contribution in [0.25, 0.3) is 0 Å². The number of nitriles is 1. The summed E-state index contributed by atoms with van der Waals surface area (Å²) in [6.07, 6.45) is 0.656. The molecule has 1 amide bonds. The Morgan fingerprint density at radius 3 is 2.74 bits per heavy atom. The van der Waals surface area contributed by atoms with E-state index in [0.717, 1.165) is 27.5 Å². The van der Waals surface area contributed by atoms with Gasteiger partial charge in [0.2, 0.25) is 6.79 Å². The lowest BCUT2D eigenvalue weighted by atomic mass is 10.1. The van der Waals surface area contributed by atoms with Crippen molar-refractivity contribution in [1.82, 2.24) is 0 Å². The molecule has 0 saturated carbocycles. The number of benzene rings is 2. The SMILES string of the molecule is Cc1c(Cc2ccc3c(c2)OCO3)sc(NC(=O)c2ccccc2)c1C#N. The van der Waals surface area contributed by atoms with Crippen molar-refractivity contribution in [3.63, 3.8) is 0 Å². The van der Waals surface area contributed by atoms with Gasteiger partial charge >= 0.3 is 0 Å². The summed E-state index contributed by atoms with van der Waals surface area (Å²) in [5, 5.41) is 13.0. The van der Waals surface area contributed by atoms with E-state index in [2.05, 4.69) is 11.4 Å². The van der Waals surface area contributed by atoms with E-state index < -0.39 is 0 Å². The summed E-state index contributed by atoms with van der Waals surface area (Å²) in [5.41, 5.74) is 3.03. The molecule has 27 heavy (non-hydrogen) atoms. The smallest absolute Gasteiger partial charge is 0.256 e. The van der Waals surface area contributed by atoms with Gasteiger partial charge in [-0.2, -0.15) is 5.26 Å². The highest BCUT2D eigenvalue weighted by Crippen LogP contribution is 2.37. The lowest BCUT2D eigenvalue weighted by Crippen LogP contribution is -2.11. The highest BCUT2D eigenvalue weighted by molar-refractivity contribution is 7.16. The molecule has 2 aromatic carbocycles. The molecule has 0 aliphatic carbocycles. The second kappa shape index (κ2) is 7.14. The number of carbonyl (C=O) groups excluding carboxylic acids is 1. The summed E-state index contributed by atoms with van der Waals surface area (Å²) in [7, 11) is 0. The van der Waals surface area contributed by atoms with E-state index in [1.807, 2.05) is 43.3 Å². The van der Waals surface area contributed by atoms with E-state index in [1.165, 1.54) is 11.3 Å². The third-order valence-electron chi connectivity index (χ3n) is 4.42. The number of hydrogen-bond acceptors (Lipinski definition) is 5. The summed E-state index contributed by atoms with van der Waals surface area (Å²) >= 11 is 1.44. The van der Waals surface area contributed by atoms with Gasteiger partial charge in [0.25, 0.3) is 5.91 Å². The Kier molecular flexibility index (Phi) is 4.53. The van der Waals surface area contributed by atoms with E-state index in [1.54, 1.807) is 12.1 Å². The Balaban J connectivity index is 1.60. The zero-order valence-electron chi connectivity index (χ0n) is 14.6. The predicted molar refractivity (Wildman–Crippen MR) is 104 cm³/mol. The van der Waals surface area contributed by atoms with Crippen LogP contribution in [-0.4, -0.2) is 12.7 Å². The van der Waals surface area contributed by atoms with Gasteiger partial charge in [-0.25, -0.2) is 0 Å². The van der Waals surface area contributed by atoms with Crippen LogP contribution in [0.4, 0.5) is 5.00 Å². The van der Waals surface area contributed by atoms with Gasteiger partial charge < -0.3 is 14.8 Å². The Morgan fingerprint density at radius 2 is 1.96 bits per heavy atom. The molecule has 0 fully saturated rings. The molecule has 6 heteroatoms. The number of hydrogen-bond donors (Lipinski definition) is 1. The summed E-state index contributed by atoms with van der Waals surface area (Å²) in [5.74, 6) is 1.26. The first-order valence-corrected chi connectivity index (χ1v) is 9.24. The topological polar surface area (TPSA) is 71.3 Å². The molecule has 134 valence electrons. The zero-order valence-corrected chi connectivity index (χ0v) is 15.4. The van der Waals surface area contributed by atoms with Crippen LogP contribution >= 0.6 is 11.3 Å². The van der Waals surface area contributed by atoms with E-state index >= 15 is 0 Å². The van der Waals surface area contributed by atoms with Crippen molar-refractivity contribution in [1.29, 1.82) is 5.26 Å². The standard InChI is InChI=1S/C21H16N2O3S/c1-13-16(11-22)21(23-20(24)15-5-3-2-4-6-15)27-19(13)10-14-7-8-17-18(9-14)26-12-25-17/h2-9H,10,12H2,1H3,(H,23,24). The maximum atomic E-state index is 12.4. The van der Waals surface area contributed by atoms with E-state index in [0.29, 0.717) is 22.5 Å². The molecule has 2 heterocycles. The highest BCUT2D eigenvalue weighted by atomic mass is 32.1. The second-order valence-corrected chi connectivity index (χ2v) is 7.26. The molecule has 1 aromatic heterocycles. The molecule has 0 atom stereocenters. The highest BCUT2D eigenvalue weighted by Gasteiger charge is 2.19. The number of thiophene rings is 1. The number of carbonyl (C=O) groups is 1. The molecule has 0 spiro atoms. The van der Waals surface area contributed by atoms with Crippen molar-refractivity contribution in [3.8, 4) is 17.6 Å². The summed E-state index contributed by atoms with van der Waals surface area (Å²) < 4.78 is 10.8. The Morgan fingerprint density at radius 1 is 1.19 bits per heavy atom. The normalized spacial score (nSPS) is 11.9. The van der Waals surface area contributed by atoms with Crippen LogP contribution in [0, 0.1) is 18.3 Å². The van der Waals surface area contributed by atoms with E-state index in [-0.39, 0.29) is 12.7 Å². The van der Waals surface area contributed by atoms with Gasteiger partial charge in [-0.3, -0.25) is 4.79 Å². The minimum absolute atomic E-state index is 0.219. The fraction of sp³-hybridized carbons (Fsp3) is 0.143. The van der Waals surface area contributed by atoms with Crippen LogP contribution in [-0.2, 0) is 6.42 Å². The first-order chi connectivity index (χ1) is 13.2. The molecule has 3 aromatic rings. The van der Waals surface area contributed by atoms with Gasteiger partial charge in [0.05, 0.1) is 5.56 Å². The number of nitrogens with zero attached hydrogens (tertiary/aromatic N) is 1. The average Bonchev–Trinajstić information content (AvgIpc) is 3.26. The lowest BCUT2D eigenvalue weighted by Gasteiger charge is -2.03. The van der Waals surface area contributed by atoms with Crippen LogP contribution < -0.4 is 14.8 Å². The number of rotatable bonds is 4. The molecule has 0 unspecified atom stereocenters. The van der Waals surface area contributed by atoms with Crippen molar-refractivity contribution >= 4 is 22.2 Å². The average molecular weight is 376 g/mol. The van der Waals surface area contributed by atoms with Crippen molar-refractivity contribution in [2.75, 3.05) is 12.1 Å². The summed E-state index contributed by atoms with van der Waals surface area (Å²) in [6, 6.07) is 17.0. The van der Waals surface area contributed by atoms with Crippen LogP contribution in [0.1, 0.15) is 31.9 Å². The van der Waals surface area contributed by atoms with Crippen molar-refractivity contribution < 1.29 is 14.3 Å². The maximum absolute atomic E-state index is 12.4. The van der Waals surface area contributed by atoms with Crippen LogP contribution in [0.2, 0.25) is 0 Å². The van der Waals surface area contributed by atoms with Gasteiger partial charge in [-0.15, -0.1) is 11.3 Å². The zero-order chi connectivity index (χ0) is 18.8. The molecule has 4 rings (SSSR count). The van der Waals surface area contributed by atoms with Crippen molar-refractivity contribution in [2.45, 2.75) is 13.3 Å². The van der Waals surface area contributed by atoms with E-state index in [9.17, 15) is 10.1 Å². The number of anilines is 1. The number of ether oxygens (including phenoxy) is 2. The Bertz CT molecular complexity index is 1050. The number of amides is 1. The predicted octanol–water partition coefficient (Wildman–Crippen LogP) is 4.50. The monoisotopic (exact) mass is 376 g/mol. The van der Waals surface area contributed by atoms with E-state index in [4.69, 9.17) is 9.47 Å².